The van der Waals surface area contributed by atoms with Gasteiger partial charge in [-0.25, -0.2) is 9.67 Å². The zero-order valence-electron chi connectivity index (χ0n) is 19.2. The fourth-order valence-corrected chi connectivity index (χ4v) is 4.69. The van der Waals surface area contributed by atoms with Crippen LogP contribution in [0.4, 0.5) is 0 Å². The van der Waals surface area contributed by atoms with Crippen molar-refractivity contribution in [1.29, 1.82) is 0 Å². The Bertz CT molecular complexity index is 1150. The molecule has 0 bridgehead atoms. The van der Waals surface area contributed by atoms with E-state index in [0.717, 1.165) is 54.5 Å². The van der Waals surface area contributed by atoms with Crippen molar-refractivity contribution >= 4 is 22.8 Å². The number of aromatic nitrogens is 3. The molecule has 2 aromatic heterocycles. The molecule has 0 spiro atoms. The molecule has 7 nitrogen and oxygen atoms in total. The van der Waals surface area contributed by atoms with Gasteiger partial charge in [0.1, 0.15) is 0 Å². The molecule has 1 aliphatic heterocycles. The number of amides is 2. The first-order valence-corrected chi connectivity index (χ1v) is 12.0. The van der Waals surface area contributed by atoms with Crippen LogP contribution in [0.3, 0.4) is 0 Å². The van der Waals surface area contributed by atoms with Crippen molar-refractivity contribution in [2.45, 2.75) is 51.5 Å². The highest BCUT2D eigenvalue weighted by Gasteiger charge is 2.30. The number of piperidine rings is 1. The zero-order chi connectivity index (χ0) is 22.8. The van der Waals surface area contributed by atoms with Gasteiger partial charge in [0.15, 0.2) is 5.65 Å². The first-order chi connectivity index (χ1) is 16.1. The molecule has 3 heterocycles. The van der Waals surface area contributed by atoms with Gasteiger partial charge < -0.3 is 10.2 Å². The summed E-state index contributed by atoms with van der Waals surface area (Å²) in [5.41, 5.74) is 4.11. The third-order valence-electron chi connectivity index (χ3n) is 6.74. The summed E-state index contributed by atoms with van der Waals surface area (Å²) in [6, 6.07) is 12.2. The number of nitrogens with zero attached hydrogens (tertiary/aromatic N) is 4. The first kappa shape index (κ1) is 21.6. The highest BCUT2D eigenvalue weighted by molar-refractivity contribution is 5.81. The molecule has 5 rings (SSSR count). The maximum Gasteiger partial charge on any atom is 0.227 e. The summed E-state index contributed by atoms with van der Waals surface area (Å²) in [5.74, 6) is 0.719. The Morgan fingerprint density at radius 1 is 1.12 bits per heavy atom. The van der Waals surface area contributed by atoms with E-state index in [0.29, 0.717) is 26.1 Å². The standard InChI is InChI=1S/C26H31N5O2/c1-18-6-8-19(9-7-18)16-23(32)30-14-3-4-21(17-30)24-22-5-2-12-27-25(22)31(29-24)15-13-28-26(33)20-10-11-20/h2,5-9,12,20-21H,3-4,10-11,13-17H2,1H3,(H,28,33)/t21-/m1/s1. The highest BCUT2D eigenvalue weighted by atomic mass is 16.2. The molecule has 1 N–H and O–H groups in total. The monoisotopic (exact) mass is 445 g/mol. The molecule has 2 amide bonds. The molecular formula is C26H31N5O2. The molecule has 1 saturated heterocycles. The summed E-state index contributed by atoms with van der Waals surface area (Å²) >= 11 is 0. The Kier molecular flexibility index (Phi) is 6.11. The maximum absolute atomic E-state index is 13.0. The van der Waals surface area contributed by atoms with Gasteiger partial charge in [-0.05, 0) is 50.3 Å². The summed E-state index contributed by atoms with van der Waals surface area (Å²) in [5, 5.41) is 8.98. The topological polar surface area (TPSA) is 80.1 Å². The van der Waals surface area contributed by atoms with Crippen LogP contribution in [0.15, 0.2) is 42.6 Å². The molecule has 1 aliphatic carbocycles. The second kappa shape index (κ2) is 9.33. The van der Waals surface area contributed by atoms with Crippen molar-refractivity contribution in [3.05, 3.63) is 59.4 Å². The van der Waals surface area contributed by atoms with E-state index in [-0.39, 0.29) is 23.7 Å². The van der Waals surface area contributed by atoms with E-state index in [1.807, 2.05) is 27.8 Å². The summed E-state index contributed by atoms with van der Waals surface area (Å²) < 4.78 is 1.91. The molecule has 7 heteroatoms. The molecule has 2 aliphatic rings. The van der Waals surface area contributed by atoms with Crippen LogP contribution < -0.4 is 5.32 Å². The Balaban J connectivity index is 1.29. The molecule has 1 aromatic carbocycles. The lowest BCUT2D eigenvalue weighted by Gasteiger charge is -2.32. The van der Waals surface area contributed by atoms with E-state index in [2.05, 4.69) is 35.4 Å². The van der Waals surface area contributed by atoms with Gasteiger partial charge in [-0.3, -0.25) is 9.59 Å². The van der Waals surface area contributed by atoms with Crippen LogP contribution in [0.2, 0.25) is 0 Å². The lowest BCUT2D eigenvalue weighted by atomic mass is 9.93. The Morgan fingerprint density at radius 2 is 1.94 bits per heavy atom. The molecule has 0 radical (unpaired) electrons. The van der Waals surface area contributed by atoms with E-state index < -0.39 is 0 Å². The van der Waals surface area contributed by atoms with Gasteiger partial charge in [-0.2, -0.15) is 5.10 Å². The van der Waals surface area contributed by atoms with Crippen molar-refractivity contribution in [3.63, 3.8) is 0 Å². The van der Waals surface area contributed by atoms with E-state index in [4.69, 9.17) is 5.10 Å². The molecule has 0 unspecified atom stereocenters. The number of likely N-dealkylation sites (tertiary alicyclic amines) is 1. The van der Waals surface area contributed by atoms with Gasteiger partial charge in [-0.15, -0.1) is 0 Å². The molecule has 1 saturated carbocycles. The third kappa shape index (κ3) is 4.92. The summed E-state index contributed by atoms with van der Waals surface area (Å²) in [4.78, 5) is 31.5. The summed E-state index contributed by atoms with van der Waals surface area (Å²) in [6.45, 7) is 4.68. The van der Waals surface area contributed by atoms with Gasteiger partial charge in [0.2, 0.25) is 11.8 Å². The summed E-state index contributed by atoms with van der Waals surface area (Å²) in [6.07, 6.45) is 6.20. The van der Waals surface area contributed by atoms with E-state index in [9.17, 15) is 9.59 Å². The molecule has 3 aromatic rings. The van der Waals surface area contributed by atoms with Gasteiger partial charge in [-0.1, -0.05) is 29.8 Å². The van der Waals surface area contributed by atoms with Crippen LogP contribution >= 0.6 is 0 Å². The SMILES string of the molecule is Cc1ccc(CC(=O)N2CCC[C@@H](c3nn(CCNC(=O)C4CC4)c4ncccc34)C2)cc1. The number of pyridine rings is 1. The number of benzene rings is 1. The quantitative estimate of drug-likeness (QED) is 0.606. The number of fused-ring (bicyclic) bond motifs is 1. The van der Waals surface area contributed by atoms with Gasteiger partial charge >= 0.3 is 0 Å². The molecule has 33 heavy (non-hydrogen) atoms. The largest absolute Gasteiger partial charge is 0.354 e. The summed E-state index contributed by atoms with van der Waals surface area (Å²) in [7, 11) is 0. The predicted octanol–water partition coefficient (Wildman–Crippen LogP) is 3.21. The molecule has 2 fully saturated rings. The van der Waals surface area contributed by atoms with Crippen molar-refractivity contribution in [3.8, 4) is 0 Å². The van der Waals surface area contributed by atoms with Gasteiger partial charge in [0.05, 0.1) is 18.7 Å². The van der Waals surface area contributed by atoms with E-state index in [1.54, 1.807) is 6.20 Å². The Hall–Kier alpha value is -3.22. The predicted molar refractivity (Wildman–Crippen MR) is 127 cm³/mol. The second-order valence-corrected chi connectivity index (χ2v) is 9.39. The van der Waals surface area contributed by atoms with Crippen molar-refractivity contribution in [2.24, 2.45) is 5.92 Å². The average molecular weight is 446 g/mol. The number of hydrogen-bond acceptors (Lipinski definition) is 4. The van der Waals surface area contributed by atoms with Crippen LogP contribution in [-0.2, 0) is 22.6 Å². The molecular weight excluding hydrogens is 414 g/mol. The molecule has 1 atom stereocenters. The van der Waals surface area contributed by atoms with Crippen molar-refractivity contribution in [1.82, 2.24) is 25.0 Å². The van der Waals surface area contributed by atoms with Crippen molar-refractivity contribution < 1.29 is 9.59 Å². The minimum absolute atomic E-state index is 0.148. The number of hydrogen-bond donors (Lipinski definition) is 1. The number of rotatable bonds is 7. The normalized spacial score (nSPS) is 18.5. The lowest BCUT2D eigenvalue weighted by Crippen LogP contribution is -2.40. The van der Waals surface area contributed by atoms with Gasteiger partial charge in [0, 0.05) is 43.1 Å². The highest BCUT2D eigenvalue weighted by Crippen LogP contribution is 2.31. The Morgan fingerprint density at radius 3 is 2.73 bits per heavy atom. The van der Waals surface area contributed by atoms with Crippen LogP contribution in [0.5, 0.6) is 0 Å². The smallest absolute Gasteiger partial charge is 0.227 e. The van der Waals surface area contributed by atoms with E-state index >= 15 is 0 Å². The zero-order valence-corrected chi connectivity index (χ0v) is 19.2. The molecule has 172 valence electrons. The van der Waals surface area contributed by atoms with Crippen LogP contribution in [-0.4, -0.2) is 51.1 Å². The fraction of sp³-hybridized carbons (Fsp3) is 0.462. The van der Waals surface area contributed by atoms with Gasteiger partial charge in [0.25, 0.3) is 0 Å². The first-order valence-electron chi connectivity index (χ1n) is 12.0. The fourth-order valence-electron chi connectivity index (χ4n) is 4.69. The second-order valence-electron chi connectivity index (χ2n) is 9.39. The lowest BCUT2D eigenvalue weighted by molar-refractivity contribution is -0.131. The van der Waals surface area contributed by atoms with Crippen LogP contribution in [0.25, 0.3) is 11.0 Å². The van der Waals surface area contributed by atoms with Crippen LogP contribution in [0, 0.1) is 12.8 Å². The number of carbonyl (C=O) groups excluding carboxylic acids is 2. The average Bonchev–Trinajstić information content (AvgIpc) is 3.63. The minimum atomic E-state index is 0.148. The van der Waals surface area contributed by atoms with Crippen LogP contribution in [0.1, 0.15) is 48.4 Å². The number of nitrogens with one attached hydrogen (secondary N) is 1. The number of aryl methyl sites for hydroxylation is 1. The maximum atomic E-state index is 13.0. The minimum Gasteiger partial charge on any atom is -0.354 e. The number of carbonyl (C=O) groups is 2. The third-order valence-corrected chi connectivity index (χ3v) is 6.74. The Labute approximate surface area is 194 Å². The van der Waals surface area contributed by atoms with Crippen molar-refractivity contribution in [2.75, 3.05) is 19.6 Å². The van der Waals surface area contributed by atoms with E-state index in [1.165, 1.54) is 5.56 Å².